The van der Waals surface area contributed by atoms with Gasteiger partial charge in [0, 0.05) is 18.4 Å². The Morgan fingerprint density at radius 2 is 1.91 bits per heavy atom. The normalized spacial score (nSPS) is 17.9. The van der Waals surface area contributed by atoms with Crippen molar-refractivity contribution in [2.45, 2.75) is 33.2 Å². The Kier molecular flexibility index (Phi) is 4.23. The average molecular weight is 293 g/mol. The lowest BCUT2D eigenvalue weighted by Crippen LogP contribution is -2.30. The van der Waals surface area contributed by atoms with Crippen molar-refractivity contribution in [3.05, 3.63) is 59.9 Å². The maximum atomic E-state index is 4.96. The Labute approximate surface area is 132 Å². The molecule has 1 aromatic heterocycles. The third-order valence-electron chi connectivity index (χ3n) is 3.94. The lowest BCUT2D eigenvalue weighted by Gasteiger charge is -2.21. The molecule has 114 valence electrons. The summed E-state index contributed by atoms with van der Waals surface area (Å²) in [6.07, 6.45) is 2.94. The van der Waals surface area contributed by atoms with Crippen LogP contribution in [0.3, 0.4) is 0 Å². The maximum absolute atomic E-state index is 4.96. The molecule has 0 saturated carbocycles. The van der Waals surface area contributed by atoms with Crippen molar-refractivity contribution in [1.82, 2.24) is 4.98 Å². The van der Waals surface area contributed by atoms with Crippen LogP contribution in [0.5, 0.6) is 0 Å². The molecule has 0 aliphatic carbocycles. The van der Waals surface area contributed by atoms with E-state index in [0.29, 0.717) is 12.0 Å². The number of hydrogen-bond donors (Lipinski definition) is 0. The fraction of sp³-hybridized carbons (Fsp3) is 0.368. The third kappa shape index (κ3) is 3.19. The van der Waals surface area contributed by atoms with E-state index in [1.165, 1.54) is 11.3 Å². The summed E-state index contributed by atoms with van der Waals surface area (Å²) in [4.78, 5) is 11.8. The summed E-state index contributed by atoms with van der Waals surface area (Å²) in [7, 11) is 0. The van der Waals surface area contributed by atoms with Crippen LogP contribution in [0.1, 0.15) is 31.5 Å². The second kappa shape index (κ2) is 6.30. The smallest absolute Gasteiger partial charge is 0.154 e. The van der Waals surface area contributed by atoms with Crippen LogP contribution in [0, 0.1) is 12.8 Å². The van der Waals surface area contributed by atoms with Crippen molar-refractivity contribution >= 4 is 11.5 Å². The van der Waals surface area contributed by atoms with Gasteiger partial charge < -0.3 is 4.90 Å². The molecule has 3 nitrogen and oxygen atoms in total. The second-order valence-electron chi connectivity index (χ2n) is 6.40. The molecule has 0 spiro atoms. The van der Waals surface area contributed by atoms with Gasteiger partial charge in [-0.05, 0) is 43.5 Å². The van der Waals surface area contributed by atoms with Crippen LogP contribution in [0.4, 0.5) is 5.69 Å². The molecule has 0 amide bonds. The van der Waals surface area contributed by atoms with Gasteiger partial charge in [0.15, 0.2) is 5.84 Å². The fourth-order valence-electron chi connectivity index (χ4n) is 2.90. The summed E-state index contributed by atoms with van der Waals surface area (Å²) < 4.78 is 0. The van der Waals surface area contributed by atoms with Gasteiger partial charge in [0.2, 0.25) is 0 Å². The van der Waals surface area contributed by atoms with Gasteiger partial charge in [0.25, 0.3) is 0 Å². The van der Waals surface area contributed by atoms with Crippen molar-refractivity contribution in [2.75, 3.05) is 11.4 Å². The zero-order valence-electron chi connectivity index (χ0n) is 13.5. The van der Waals surface area contributed by atoms with E-state index in [1.54, 1.807) is 0 Å². The van der Waals surface area contributed by atoms with E-state index < -0.39 is 0 Å². The molecular formula is C19H23N3. The Morgan fingerprint density at radius 1 is 1.14 bits per heavy atom. The quantitative estimate of drug-likeness (QED) is 0.850. The van der Waals surface area contributed by atoms with Gasteiger partial charge in [-0.2, -0.15) is 0 Å². The van der Waals surface area contributed by atoms with Crippen molar-refractivity contribution in [3.63, 3.8) is 0 Å². The molecule has 0 bridgehead atoms. The molecule has 0 radical (unpaired) electrons. The van der Waals surface area contributed by atoms with Crippen LogP contribution in [0.2, 0.25) is 0 Å². The molecule has 0 unspecified atom stereocenters. The first-order chi connectivity index (χ1) is 10.6. The molecule has 1 aliphatic rings. The van der Waals surface area contributed by atoms with Gasteiger partial charge in [0.05, 0.1) is 6.04 Å². The lowest BCUT2D eigenvalue weighted by atomic mass is 10.0. The van der Waals surface area contributed by atoms with Crippen molar-refractivity contribution in [3.8, 4) is 0 Å². The van der Waals surface area contributed by atoms with E-state index >= 15 is 0 Å². The SMILES string of the molecule is Cc1ccc(N2C[C@H](CC(C)C)N=C2c2ccccn2)cc1. The lowest BCUT2D eigenvalue weighted by molar-refractivity contribution is 0.515. The topological polar surface area (TPSA) is 28.5 Å². The number of aryl methyl sites for hydroxylation is 1. The fourth-order valence-corrected chi connectivity index (χ4v) is 2.90. The van der Waals surface area contributed by atoms with Gasteiger partial charge in [-0.1, -0.05) is 37.6 Å². The predicted molar refractivity (Wildman–Crippen MR) is 92.5 cm³/mol. The number of hydrogen-bond acceptors (Lipinski definition) is 3. The molecule has 0 N–H and O–H groups in total. The van der Waals surface area contributed by atoms with Gasteiger partial charge in [-0.3, -0.25) is 9.98 Å². The monoisotopic (exact) mass is 293 g/mol. The van der Waals surface area contributed by atoms with Crippen molar-refractivity contribution < 1.29 is 0 Å². The van der Waals surface area contributed by atoms with E-state index in [2.05, 4.69) is 54.9 Å². The van der Waals surface area contributed by atoms with E-state index in [0.717, 1.165) is 24.5 Å². The first kappa shape index (κ1) is 14.8. The summed E-state index contributed by atoms with van der Waals surface area (Å²) in [5.41, 5.74) is 3.42. The number of nitrogens with zero attached hydrogens (tertiary/aromatic N) is 3. The first-order valence-electron chi connectivity index (χ1n) is 7.97. The Hall–Kier alpha value is -2.16. The molecule has 0 saturated heterocycles. The number of aromatic nitrogens is 1. The van der Waals surface area contributed by atoms with Gasteiger partial charge in [-0.25, -0.2) is 0 Å². The summed E-state index contributed by atoms with van der Waals surface area (Å²) in [6.45, 7) is 7.56. The van der Waals surface area contributed by atoms with Gasteiger partial charge in [0.1, 0.15) is 5.69 Å². The molecule has 0 fully saturated rings. The highest BCUT2D eigenvalue weighted by Gasteiger charge is 2.28. The molecule has 22 heavy (non-hydrogen) atoms. The Morgan fingerprint density at radius 3 is 2.55 bits per heavy atom. The highest BCUT2D eigenvalue weighted by molar-refractivity contribution is 6.10. The largest absolute Gasteiger partial charge is 0.323 e. The van der Waals surface area contributed by atoms with Crippen molar-refractivity contribution in [2.24, 2.45) is 10.9 Å². The van der Waals surface area contributed by atoms with Crippen LogP contribution in [-0.2, 0) is 0 Å². The van der Waals surface area contributed by atoms with E-state index in [9.17, 15) is 0 Å². The minimum atomic E-state index is 0.346. The summed E-state index contributed by atoms with van der Waals surface area (Å²) in [5, 5.41) is 0. The van der Waals surface area contributed by atoms with Gasteiger partial charge >= 0.3 is 0 Å². The van der Waals surface area contributed by atoms with Crippen LogP contribution >= 0.6 is 0 Å². The van der Waals surface area contributed by atoms with Crippen LogP contribution in [0.25, 0.3) is 0 Å². The molecule has 3 heteroatoms. The highest BCUT2D eigenvalue weighted by Crippen LogP contribution is 2.25. The molecule has 2 heterocycles. The van der Waals surface area contributed by atoms with E-state index in [-0.39, 0.29) is 0 Å². The number of aliphatic imine (C=N–C) groups is 1. The first-order valence-corrected chi connectivity index (χ1v) is 7.97. The predicted octanol–water partition coefficient (Wildman–Crippen LogP) is 4.07. The molecule has 1 atom stereocenters. The summed E-state index contributed by atoms with van der Waals surface area (Å²) >= 11 is 0. The van der Waals surface area contributed by atoms with Crippen LogP contribution in [0.15, 0.2) is 53.7 Å². The molecule has 2 aromatic rings. The van der Waals surface area contributed by atoms with E-state index in [1.807, 2.05) is 24.4 Å². The summed E-state index contributed by atoms with van der Waals surface area (Å²) in [5.74, 6) is 1.65. The number of pyridine rings is 1. The zero-order chi connectivity index (χ0) is 15.5. The number of amidine groups is 1. The minimum absolute atomic E-state index is 0.346. The second-order valence-corrected chi connectivity index (χ2v) is 6.40. The Balaban J connectivity index is 1.94. The molecule has 1 aromatic carbocycles. The highest BCUT2D eigenvalue weighted by atomic mass is 15.3. The van der Waals surface area contributed by atoms with Crippen molar-refractivity contribution in [1.29, 1.82) is 0 Å². The van der Waals surface area contributed by atoms with Crippen LogP contribution < -0.4 is 4.90 Å². The Bertz CT molecular complexity index is 644. The third-order valence-corrected chi connectivity index (χ3v) is 3.94. The number of benzene rings is 1. The molecule has 1 aliphatic heterocycles. The van der Waals surface area contributed by atoms with E-state index in [4.69, 9.17) is 4.99 Å². The van der Waals surface area contributed by atoms with Crippen LogP contribution in [-0.4, -0.2) is 23.4 Å². The zero-order valence-corrected chi connectivity index (χ0v) is 13.5. The maximum Gasteiger partial charge on any atom is 0.154 e. The molecular weight excluding hydrogens is 270 g/mol. The average Bonchev–Trinajstić information content (AvgIpc) is 2.92. The minimum Gasteiger partial charge on any atom is -0.323 e. The summed E-state index contributed by atoms with van der Waals surface area (Å²) in [6, 6.07) is 15.0. The number of anilines is 1. The standard InChI is InChI=1S/C19H23N3/c1-14(2)12-16-13-22(17-9-7-15(3)8-10-17)19(21-16)18-6-4-5-11-20-18/h4-11,14,16H,12-13H2,1-3H3/t16-/m0/s1. The number of rotatable bonds is 4. The van der Waals surface area contributed by atoms with Gasteiger partial charge in [-0.15, -0.1) is 0 Å². The molecule has 3 rings (SSSR count).